The average molecular weight is 195 g/mol. The number of rotatable bonds is 2. The lowest BCUT2D eigenvalue weighted by atomic mass is 9.64. The maximum Gasteiger partial charge on any atom is 0.0157 e. The minimum Gasteiger partial charge on any atom is -0.327 e. The summed E-state index contributed by atoms with van der Waals surface area (Å²) in [4.78, 5) is 0. The second-order valence-electron chi connectivity index (χ2n) is 6.26. The molecule has 14 heavy (non-hydrogen) atoms. The lowest BCUT2D eigenvalue weighted by molar-refractivity contribution is 0.0859. The Balaban J connectivity index is 2.28. The van der Waals surface area contributed by atoms with Gasteiger partial charge in [-0.2, -0.15) is 0 Å². The molecule has 1 atom stereocenters. The Kier molecular flexibility index (Phi) is 2.23. The first-order valence-electron chi connectivity index (χ1n) is 6.21. The summed E-state index contributed by atoms with van der Waals surface area (Å²) < 4.78 is 0. The van der Waals surface area contributed by atoms with Gasteiger partial charge >= 0.3 is 0 Å². The summed E-state index contributed by atoms with van der Waals surface area (Å²) in [6.45, 7) is 9.45. The molecular formula is C13H25N. The minimum atomic E-state index is 0.427. The van der Waals surface area contributed by atoms with E-state index in [9.17, 15) is 0 Å². The summed E-state index contributed by atoms with van der Waals surface area (Å²) in [6.07, 6.45) is 5.55. The van der Waals surface area contributed by atoms with Gasteiger partial charge in [0.2, 0.25) is 0 Å². The topological polar surface area (TPSA) is 26.0 Å². The highest BCUT2D eigenvalue weighted by atomic mass is 14.8. The molecule has 1 heteroatoms. The van der Waals surface area contributed by atoms with Crippen molar-refractivity contribution in [2.75, 3.05) is 0 Å². The smallest absolute Gasteiger partial charge is 0.0157 e. The van der Waals surface area contributed by atoms with Crippen LogP contribution >= 0.6 is 0 Å². The Morgan fingerprint density at radius 2 is 1.36 bits per heavy atom. The third-order valence-electron chi connectivity index (χ3n) is 5.34. The largest absolute Gasteiger partial charge is 0.327 e. The molecule has 1 unspecified atom stereocenters. The van der Waals surface area contributed by atoms with Crippen molar-refractivity contribution >= 4 is 0 Å². The molecular weight excluding hydrogens is 170 g/mol. The van der Waals surface area contributed by atoms with Crippen molar-refractivity contribution in [3.8, 4) is 0 Å². The van der Waals surface area contributed by atoms with Gasteiger partial charge in [0, 0.05) is 6.04 Å². The molecule has 0 aromatic heterocycles. The summed E-state index contributed by atoms with van der Waals surface area (Å²) in [5.41, 5.74) is 7.56. The van der Waals surface area contributed by atoms with E-state index < -0.39 is 0 Å². The van der Waals surface area contributed by atoms with Gasteiger partial charge in [-0.05, 0) is 48.3 Å². The van der Waals surface area contributed by atoms with Crippen molar-refractivity contribution in [2.45, 2.75) is 59.4 Å². The molecule has 0 bridgehead atoms. The molecule has 82 valence electrons. The van der Waals surface area contributed by atoms with E-state index in [-0.39, 0.29) is 0 Å². The van der Waals surface area contributed by atoms with Crippen LogP contribution in [0, 0.1) is 22.7 Å². The van der Waals surface area contributed by atoms with Crippen molar-refractivity contribution in [2.24, 2.45) is 28.4 Å². The van der Waals surface area contributed by atoms with Crippen LogP contribution in [0.25, 0.3) is 0 Å². The molecule has 0 radical (unpaired) electrons. The van der Waals surface area contributed by atoms with E-state index >= 15 is 0 Å². The summed E-state index contributed by atoms with van der Waals surface area (Å²) in [6, 6.07) is 0.468. The van der Waals surface area contributed by atoms with Crippen molar-refractivity contribution in [3.63, 3.8) is 0 Å². The van der Waals surface area contributed by atoms with Crippen molar-refractivity contribution < 1.29 is 0 Å². The van der Waals surface area contributed by atoms with Crippen LogP contribution < -0.4 is 5.73 Å². The van der Waals surface area contributed by atoms with Gasteiger partial charge in [0.15, 0.2) is 0 Å². The first kappa shape index (κ1) is 10.5. The normalized spacial score (nSPS) is 33.2. The van der Waals surface area contributed by atoms with Crippen LogP contribution in [0.4, 0.5) is 0 Å². The maximum absolute atomic E-state index is 6.56. The Labute approximate surface area is 88.4 Å². The molecule has 0 saturated heterocycles. The lowest BCUT2D eigenvalue weighted by Gasteiger charge is -2.43. The Morgan fingerprint density at radius 3 is 1.57 bits per heavy atom. The Morgan fingerprint density at radius 1 is 0.929 bits per heavy atom. The van der Waals surface area contributed by atoms with Crippen LogP contribution in [-0.2, 0) is 0 Å². The highest BCUT2D eigenvalue weighted by Gasteiger charge is 2.62. The molecule has 0 amide bonds. The van der Waals surface area contributed by atoms with E-state index in [1.807, 2.05) is 0 Å². The van der Waals surface area contributed by atoms with Gasteiger partial charge < -0.3 is 5.73 Å². The van der Waals surface area contributed by atoms with Crippen molar-refractivity contribution in [3.05, 3.63) is 0 Å². The third kappa shape index (κ3) is 1.11. The summed E-state index contributed by atoms with van der Waals surface area (Å²) in [5.74, 6) is 1.47. The van der Waals surface area contributed by atoms with Gasteiger partial charge in [-0.1, -0.05) is 27.7 Å². The van der Waals surface area contributed by atoms with E-state index in [0.717, 1.165) is 11.8 Å². The van der Waals surface area contributed by atoms with Gasteiger partial charge in [0.05, 0.1) is 0 Å². The van der Waals surface area contributed by atoms with Gasteiger partial charge in [0.25, 0.3) is 0 Å². The van der Waals surface area contributed by atoms with Crippen LogP contribution in [0.1, 0.15) is 53.4 Å². The van der Waals surface area contributed by atoms with Gasteiger partial charge in [-0.15, -0.1) is 0 Å². The molecule has 0 aromatic carbocycles. The van der Waals surface area contributed by atoms with Crippen LogP contribution in [0.2, 0.25) is 0 Å². The molecule has 1 nitrogen and oxygen atoms in total. The molecule has 0 aromatic rings. The Bertz CT molecular complexity index is 217. The number of hydrogen-bond donors (Lipinski definition) is 1. The second kappa shape index (κ2) is 2.98. The minimum absolute atomic E-state index is 0.427. The first-order chi connectivity index (χ1) is 6.46. The number of nitrogens with two attached hydrogens (primary N) is 1. The van der Waals surface area contributed by atoms with E-state index in [4.69, 9.17) is 5.73 Å². The zero-order valence-electron chi connectivity index (χ0n) is 10.1. The predicted octanol–water partition coefficient (Wildman–Crippen LogP) is 3.19. The lowest BCUT2D eigenvalue weighted by Crippen LogP contribution is -2.48. The van der Waals surface area contributed by atoms with Gasteiger partial charge in [-0.3, -0.25) is 0 Å². The first-order valence-corrected chi connectivity index (χ1v) is 6.21. The summed E-state index contributed by atoms with van der Waals surface area (Å²) in [5, 5.41) is 0. The highest BCUT2D eigenvalue weighted by molar-refractivity contribution is 5.15. The molecule has 2 rings (SSSR count). The molecule has 2 fully saturated rings. The van der Waals surface area contributed by atoms with Crippen LogP contribution in [0.3, 0.4) is 0 Å². The van der Waals surface area contributed by atoms with E-state index in [2.05, 4.69) is 27.7 Å². The fraction of sp³-hybridized carbons (Fsp3) is 1.00. The standard InChI is InChI=1S/C13H25N/c1-9(2)13(10(3)4)8-7-12(5-6-12)11(13)14/h9-11H,5-8,14H2,1-4H3. The quantitative estimate of drug-likeness (QED) is 0.719. The van der Waals surface area contributed by atoms with Crippen LogP contribution in [0.5, 0.6) is 0 Å². The zero-order chi connectivity index (χ0) is 10.6. The molecule has 0 aliphatic heterocycles. The van der Waals surface area contributed by atoms with Crippen molar-refractivity contribution in [1.82, 2.24) is 0 Å². The van der Waals surface area contributed by atoms with E-state index in [1.54, 1.807) is 0 Å². The fourth-order valence-electron chi connectivity index (χ4n) is 4.03. The summed E-state index contributed by atoms with van der Waals surface area (Å²) in [7, 11) is 0. The molecule has 0 heterocycles. The van der Waals surface area contributed by atoms with E-state index in [1.165, 1.54) is 25.7 Å². The van der Waals surface area contributed by atoms with E-state index in [0.29, 0.717) is 16.9 Å². The molecule has 2 saturated carbocycles. The third-order valence-corrected chi connectivity index (χ3v) is 5.34. The highest BCUT2D eigenvalue weighted by Crippen LogP contribution is 2.66. The van der Waals surface area contributed by atoms with Crippen molar-refractivity contribution in [1.29, 1.82) is 0 Å². The van der Waals surface area contributed by atoms with Crippen LogP contribution in [-0.4, -0.2) is 6.04 Å². The summed E-state index contributed by atoms with van der Waals surface area (Å²) >= 11 is 0. The predicted molar refractivity (Wildman–Crippen MR) is 61.0 cm³/mol. The van der Waals surface area contributed by atoms with Crippen LogP contribution in [0.15, 0.2) is 0 Å². The molecule has 2 N–H and O–H groups in total. The monoisotopic (exact) mass is 195 g/mol. The fourth-order valence-corrected chi connectivity index (χ4v) is 4.03. The maximum atomic E-state index is 6.56. The SMILES string of the molecule is CC(C)C1(C(C)C)CCC2(CC2)C1N. The number of hydrogen-bond acceptors (Lipinski definition) is 1. The Hall–Kier alpha value is -0.0400. The molecule has 1 spiro atoms. The molecule has 2 aliphatic carbocycles. The zero-order valence-corrected chi connectivity index (χ0v) is 10.1. The molecule has 2 aliphatic rings. The average Bonchev–Trinajstić information content (AvgIpc) is 2.78. The second-order valence-corrected chi connectivity index (χ2v) is 6.26. The van der Waals surface area contributed by atoms with Gasteiger partial charge in [0.1, 0.15) is 0 Å². The van der Waals surface area contributed by atoms with Gasteiger partial charge in [-0.25, -0.2) is 0 Å².